The molecule has 0 aliphatic carbocycles. The highest BCUT2D eigenvalue weighted by atomic mass is 16.5. The van der Waals surface area contributed by atoms with Crippen molar-refractivity contribution >= 4 is 0 Å². The number of aryl methyl sites for hydroxylation is 2. The maximum Gasteiger partial charge on any atom is 0.118 e. The minimum atomic E-state index is 0.00417. The van der Waals surface area contributed by atoms with Crippen molar-refractivity contribution in [3.8, 4) is 17.2 Å². The fourth-order valence-electron chi connectivity index (χ4n) is 3.09. The number of rotatable bonds is 4. The van der Waals surface area contributed by atoms with Crippen molar-refractivity contribution < 1.29 is 14.9 Å². The number of hydrogen-bond donors (Lipinski definition) is 2. The molecule has 0 spiro atoms. The molecule has 25 heavy (non-hydrogen) atoms. The summed E-state index contributed by atoms with van der Waals surface area (Å²) >= 11 is 0. The van der Waals surface area contributed by atoms with Gasteiger partial charge in [0.15, 0.2) is 0 Å². The Kier molecular flexibility index (Phi) is 4.66. The number of aromatic hydroxyl groups is 2. The van der Waals surface area contributed by atoms with Crippen LogP contribution in [0.5, 0.6) is 17.2 Å². The van der Waals surface area contributed by atoms with Gasteiger partial charge in [0.1, 0.15) is 17.2 Å². The molecule has 0 aliphatic rings. The van der Waals surface area contributed by atoms with Crippen molar-refractivity contribution in [2.75, 3.05) is 7.11 Å². The van der Waals surface area contributed by atoms with E-state index in [9.17, 15) is 10.2 Å². The Balaban J connectivity index is 2.15. The second-order valence-corrected chi connectivity index (χ2v) is 6.30. The van der Waals surface area contributed by atoms with Crippen LogP contribution in [0.2, 0.25) is 0 Å². The predicted octanol–water partition coefficient (Wildman–Crippen LogP) is 4.90. The molecular weight excluding hydrogens is 312 g/mol. The summed E-state index contributed by atoms with van der Waals surface area (Å²) in [6.07, 6.45) is 0. The van der Waals surface area contributed by atoms with Crippen LogP contribution in [-0.4, -0.2) is 17.3 Å². The average Bonchev–Trinajstić information content (AvgIpc) is 2.62. The fraction of sp³-hybridized carbons (Fsp3) is 0.182. The van der Waals surface area contributed by atoms with Gasteiger partial charge < -0.3 is 14.9 Å². The van der Waals surface area contributed by atoms with Crippen molar-refractivity contribution in [2.45, 2.75) is 19.8 Å². The lowest BCUT2D eigenvalue weighted by atomic mass is 9.84. The number of benzene rings is 3. The maximum atomic E-state index is 9.87. The lowest BCUT2D eigenvalue weighted by Crippen LogP contribution is -2.04. The smallest absolute Gasteiger partial charge is 0.118 e. The summed E-state index contributed by atoms with van der Waals surface area (Å²) in [5.41, 5.74) is 4.98. The highest BCUT2D eigenvalue weighted by Crippen LogP contribution is 2.36. The van der Waals surface area contributed by atoms with Crippen molar-refractivity contribution in [1.29, 1.82) is 0 Å². The molecule has 3 rings (SSSR count). The second-order valence-electron chi connectivity index (χ2n) is 6.30. The van der Waals surface area contributed by atoms with Crippen LogP contribution in [0.4, 0.5) is 0 Å². The molecule has 128 valence electrons. The molecule has 0 aromatic heterocycles. The molecule has 0 fully saturated rings. The van der Waals surface area contributed by atoms with Crippen molar-refractivity contribution in [3.05, 3.63) is 88.5 Å². The van der Waals surface area contributed by atoms with Gasteiger partial charge in [-0.15, -0.1) is 0 Å². The SMILES string of the molecule is COc1ccc(C(c2ccc(O)c(C)c2)c2ccc(O)c(C)c2)cc1. The number of methoxy groups -OCH3 is 1. The highest BCUT2D eigenvalue weighted by Gasteiger charge is 2.18. The molecule has 0 heterocycles. The summed E-state index contributed by atoms with van der Waals surface area (Å²) in [7, 11) is 1.65. The van der Waals surface area contributed by atoms with Crippen LogP contribution < -0.4 is 4.74 Å². The number of ether oxygens (including phenoxy) is 1. The van der Waals surface area contributed by atoms with Gasteiger partial charge in [-0.25, -0.2) is 0 Å². The molecule has 0 unspecified atom stereocenters. The topological polar surface area (TPSA) is 49.7 Å². The molecule has 0 radical (unpaired) electrons. The first kappa shape index (κ1) is 16.9. The summed E-state index contributed by atoms with van der Waals surface area (Å²) in [5, 5.41) is 19.7. The maximum absolute atomic E-state index is 9.87. The number of phenols is 2. The first-order valence-electron chi connectivity index (χ1n) is 8.22. The predicted molar refractivity (Wildman–Crippen MR) is 99.6 cm³/mol. The Morgan fingerprint density at radius 1 is 0.680 bits per heavy atom. The van der Waals surface area contributed by atoms with E-state index in [4.69, 9.17) is 4.74 Å². The van der Waals surface area contributed by atoms with Crippen LogP contribution in [-0.2, 0) is 0 Å². The van der Waals surface area contributed by atoms with E-state index in [1.807, 2.05) is 62.4 Å². The van der Waals surface area contributed by atoms with Crippen LogP contribution in [0, 0.1) is 13.8 Å². The van der Waals surface area contributed by atoms with E-state index < -0.39 is 0 Å². The molecule has 0 bridgehead atoms. The number of phenolic OH excluding ortho intramolecular Hbond substituents is 2. The molecule has 3 aromatic carbocycles. The fourth-order valence-corrected chi connectivity index (χ4v) is 3.09. The van der Waals surface area contributed by atoms with Gasteiger partial charge in [-0.1, -0.05) is 36.4 Å². The van der Waals surface area contributed by atoms with E-state index in [1.54, 1.807) is 19.2 Å². The molecule has 2 N–H and O–H groups in total. The van der Waals surface area contributed by atoms with Gasteiger partial charge in [0.25, 0.3) is 0 Å². The van der Waals surface area contributed by atoms with Gasteiger partial charge in [-0.05, 0) is 65.9 Å². The molecule has 0 saturated heterocycles. The summed E-state index contributed by atoms with van der Waals surface area (Å²) in [5.74, 6) is 1.40. The lowest BCUT2D eigenvalue weighted by Gasteiger charge is -2.21. The molecule has 3 nitrogen and oxygen atoms in total. The Morgan fingerprint density at radius 3 is 1.52 bits per heavy atom. The van der Waals surface area contributed by atoms with Gasteiger partial charge in [-0.2, -0.15) is 0 Å². The zero-order chi connectivity index (χ0) is 18.0. The van der Waals surface area contributed by atoms with E-state index >= 15 is 0 Å². The van der Waals surface area contributed by atoms with Gasteiger partial charge in [-0.3, -0.25) is 0 Å². The second kappa shape index (κ2) is 6.89. The van der Waals surface area contributed by atoms with Gasteiger partial charge in [0.2, 0.25) is 0 Å². The third kappa shape index (κ3) is 3.45. The van der Waals surface area contributed by atoms with Crippen LogP contribution in [0.15, 0.2) is 60.7 Å². The molecule has 0 amide bonds. The normalized spacial score (nSPS) is 10.9. The Labute approximate surface area is 148 Å². The van der Waals surface area contributed by atoms with Gasteiger partial charge in [0, 0.05) is 5.92 Å². The van der Waals surface area contributed by atoms with Gasteiger partial charge >= 0.3 is 0 Å². The molecule has 3 aromatic rings. The van der Waals surface area contributed by atoms with Gasteiger partial charge in [0.05, 0.1) is 7.11 Å². The Bertz CT molecular complexity index is 831. The minimum Gasteiger partial charge on any atom is -0.508 e. The zero-order valence-electron chi connectivity index (χ0n) is 14.7. The number of hydrogen-bond acceptors (Lipinski definition) is 3. The van der Waals surface area contributed by atoms with E-state index in [-0.39, 0.29) is 5.92 Å². The standard InChI is InChI=1S/C22H22O3/c1-14-12-17(6-10-20(14)23)22(16-4-8-19(25-3)9-5-16)18-7-11-21(24)15(2)13-18/h4-13,22-24H,1-3H3. The first-order valence-corrected chi connectivity index (χ1v) is 8.22. The Morgan fingerprint density at radius 2 is 1.12 bits per heavy atom. The van der Waals surface area contributed by atoms with E-state index in [1.165, 1.54) is 0 Å². The van der Waals surface area contributed by atoms with E-state index in [0.717, 1.165) is 33.6 Å². The summed E-state index contributed by atoms with van der Waals surface area (Å²) < 4.78 is 5.26. The van der Waals surface area contributed by atoms with Crippen molar-refractivity contribution in [1.82, 2.24) is 0 Å². The van der Waals surface area contributed by atoms with E-state index in [2.05, 4.69) is 0 Å². The van der Waals surface area contributed by atoms with Crippen LogP contribution in [0.25, 0.3) is 0 Å². The third-order valence-corrected chi connectivity index (χ3v) is 4.56. The van der Waals surface area contributed by atoms with Crippen LogP contribution in [0.1, 0.15) is 33.7 Å². The minimum absolute atomic E-state index is 0.00417. The third-order valence-electron chi connectivity index (χ3n) is 4.56. The monoisotopic (exact) mass is 334 g/mol. The van der Waals surface area contributed by atoms with Crippen LogP contribution in [0.3, 0.4) is 0 Å². The van der Waals surface area contributed by atoms with Crippen LogP contribution >= 0.6 is 0 Å². The zero-order valence-corrected chi connectivity index (χ0v) is 14.7. The van der Waals surface area contributed by atoms with Crippen molar-refractivity contribution in [2.24, 2.45) is 0 Å². The highest BCUT2D eigenvalue weighted by molar-refractivity contribution is 5.49. The Hall–Kier alpha value is -2.94. The summed E-state index contributed by atoms with van der Waals surface area (Å²) in [4.78, 5) is 0. The summed E-state index contributed by atoms with van der Waals surface area (Å²) in [6, 6.07) is 19.4. The molecule has 0 aliphatic heterocycles. The largest absolute Gasteiger partial charge is 0.508 e. The average molecular weight is 334 g/mol. The van der Waals surface area contributed by atoms with E-state index in [0.29, 0.717) is 11.5 Å². The first-order chi connectivity index (χ1) is 12.0. The molecule has 0 atom stereocenters. The quantitative estimate of drug-likeness (QED) is 0.667. The van der Waals surface area contributed by atoms with Crippen molar-refractivity contribution in [3.63, 3.8) is 0 Å². The molecule has 0 saturated carbocycles. The summed E-state index contributed by atoms with van der Waals surface area (Å²) in [6.45, 7) is 3.79. The molecule has 3 heteroatoms. The molecular formula is C22H22O3. The lowest BCUT2D eigenvalue weighted by molar-refractivity contribution is 0.414.